The van der Waals surface area contributed by atoms with Crippen LogP contribution in [-0.4, -0.2) is 30.1 Å². The number of nitrogens with one attached hydrogen (secondary N) is 2. The van der Waals surface area contributed by atoms with Crippen molar-refractivity contribution in [3.05, 3.63) is 42.2 Å². The standard InChI is InChI=1S/C15H18N4O2S/c1-19-8-4-5-12(19)10-16-18-15(22)17-11-6-7-13(20-2)14(9-11)21-3/h4-10H,1-3H3,(H2,17,18,22)/b16-10-. The maximum atomic E-state index is 5.24. The third-order valence-corrected chi connectivity index (χ3v) is 3.18. The average molecular weight is 318 g/mol. The van der Waals surface area contributed by atoms with Gasteiger partial charge in [0.05, 0.1) is 26.1 Å². The number of thiocarbonyl (C=S) groups is 1. The molecule has 7 heteroatoms. The summed E-state index contributed by atoms with van der Waals surface area (Å²) in [7, 11) is 5.12. The lowest BCUT2D eigenvalue weighted by Crippen LogP contribution is -2.24. The Morgan fingerprint density at radius 2 is 2.00 bits per heavy atom. The number of anilines is 1. The topological polar surface area (TPSA) is 59.8 Å². The summed E-state index contributed by atoms with van der Waals surface area (Å²) in [5.74, 6) is 1.29. The molecule has 0 atom stereocenters. The molecule has 116 valence electrons. The number of rotatable bonds is 5. The van der Waals surface area contributed by atoms with E-state index >= 15 is 0 Å². The molecule has 2 rings (SSSR count). The second-order valence-electron chi connectivity index (χ2n) is 4.44. The van der Waals surface area contributed by atoms with E-state index in [0.717, 1.165) is 11.4 Å². The van der Waals surface area contributed by atoms with Gasteiger partial charge in [-0.25, -0.2) is 0 Å². The van der Waals surface area contributed by atoms with Crippen LogP contribution >= 0.6 is 12.2 Å². The van der Waals surface area contributed by atoms with Gasteiger partial charge in [-0.1, -0.05) is 0 Å². The molecule has 0 unspecified atom stereocenters. The van der Waals surface area contributed by atoms with Crippen LogP contribution in [0, 0.1) is 0 Å². The monoisotopic (exact) mass is 318 g/mol. The minimum absolute atomic E-state index is 0.387. The van der Waals surface area contributed by atoms with Gasteiger partial charge >= 0.3 is 0 Å². The van der Waals surface area contributed by atoms with Crippen LogP contribution in [0.25, 0.3) is 0 Å². The van der Waals surface area contributed by atoms with Crippen LogP contribution < -0.4 is 20.2 Å². The van der Waals surface area contributed by atoms with Gasteiger partial charge in [0.25, 0.3) is 0 Å². The molecule has 6 nitrogen and oxygen atoms in total. The third kappa shape index (κ3) is 3.98. The fourth-order valence-corrected chi connectivity index (χ4v) is 2.01. The summed E-state index contributed by atoms with van der Waals surface area (Å²) in [6.45, 7) is 0. The van der Waals surface area contributed by atoms with E-state index in [1.165, 1.54) is 0 Å². The molecule has 1 aromatic heterocycles. The second kappa shape index (κ2) is 7.46. The zero-order valence-electron chi connectivity index (χ0n) is 12.7. The quantitative estimate of drug-likeness (QED) is 0.503. The van der Waals surface area contributed by atoms with Crippen LogP contribution in [-0.2, 0) is 7.05 Å². The molecule has 1 heterocycles. The summed E-state index contributed by atoms with van der Waals surface area (Å²) in [6.07, 6.45) is 3.64. The molecule has 0 fully saturated rings. The molecule has 0 saturated carbocycles. The number of aromatic nitrogens is 1. The molecule has 0 aliphatic heterocycles. The third-order valence-electron chi connectivity index (χ3n) is 2.99. The minimum atomic E-state index is 0.387. The van der Waals surface area contributed by atoms with Gasteiger partial charge in [0.2, 0.25) is 0 Å². The Morgan fingerprint density at radius 1 is 1.23 bits per heavy atom. The highest BCUT2D eigenvalue weighted by Crippen LogP contribution is 2.29. The number of benzene rings is 1. The van der Waals surface area contributed by atoms with E-state index < -0.39 is 0 Å². The smallest absolute Gasteiger partial charge is 0.191 e. The number of methoxy groups -OCH3 is 2. The highest BCUT2D eigenvalue weighted by molar-refractivity contribution is 7.80. The van der Waals surface area contributed by atoms with E-state index in [2.05, 4.69) is 15.8 Å². The number of hydrazone groups is 1. The minimum Gasteiger partial charge on any atom is -0.493 e. The largest absolute Gasteiger partial charge is 0.493 e. The van der Waals surface area contributed by atoms with Crippen LogP contribution in [0.4, 0.5) is 5.69 Å². The van der Waals surface area contributed by atoms with Crippen LogP contribution in [0.2, 0.25) is 0 Å². The average Bonchev–Trinajstić information content (AvgIpc) is 2.92. The van der Waals surface area contributed by atoms with E-state index in [-0.39, 0.29) is 0 Å². The lowest BCUT2D eigenvalue weighted by atomic mass is 10.3. The number of nitrogens with zero attached hydrogens (tertiary/aromatic N) is 2. The molecule has 0 bridgehead atoms. The molecule has 1 aromatic carbocycles. The van der Waals surface area contributed by atoms with Crippen molar-refractivity contribution in [2.24, 2.45) is 12.1 Å². The first-order valence-corrected chi connectivity index (χ1v) is 6.98. The van der Waals surface area contributed by atoms with Crippen LogP contribution in [0.3, 0.4) is 0 Å². The van der Waals surface area contributed by atoms with Crippen molar-refractivity contribution < 1.29 is 9.47 Å². The normalized spacial score (nSPS) is 10.5. The van der Waals surface area contributed by atoms with Crippen molar-refractivity contribution in [2.45, 2.75) is 0 Å². The summed E-state index contributed by atoms with van der Waals surface area (Å²) >= 11 is 5.19. The number of aryl methyl sites for hydroxylation is 1. The Morgan fingerprint density at radius 3 is 2.64 bits per heavy atom. The number of hydrogen-bond donors (Lipinski definition) is 2. The Hall–Kier alpha value is -2.54. The molecular weight excluding hydrogens is 300 g/mol. The predicted molar refractivity (Wildman–Crippen MR) is 91.9 cm³/mol. The highest BCUT2D eigenvalue weighted by Gasteiger charge is 2.05. The van der Waals surface area contributed by atoms with Gasteiger partial charge in [-0.15, -0.1) is 0 Å². The van der Waals surface area contributed by atoms with Crippen molar-refractivity contribution in [3.8, 4) is 11.5 Å². The lowest BCUT2D eigenvalue weighted by molar-refractivity contribution is 0.355. The molecule has 0 aliphatic carbocycles. The molecule has 2 aromatic rings. The molecular formula is C15H18N4O2S. The SMILES string of the molecule is COc1ccc(NC(=S)N/N=C\c2cccn2C)cc1OC. The fraction of sp³-hybridized carbons (Fsp3) is 0.200. The highest BCUT2D eigenvalue weighted by atomic mass is 32.1. The molecule has 0 aliphatic rings. The van der Waals surface area contributed by atoms with Gasteiger partial charge in [0, 0.05) is 25.0 Å². The van der Waals surface area contributed by atoms with Crippen molar-refractivity contribution in [1.82, 2.24) is 9.99 Å². The van der Waals surface area contributed by atoms with Gasteiger partial charge in [0.1, 0.15) is 0 Å². The first kappa shape index (κ1) is 15.8. The van der Waals surface area contributed by atoms with E-state index in [0.29, 0.717) is 16.6 Å². The van der Waals surface area contributed by atoms with E-state index in [9.17, 15) is 0 Å². The Labute approximate surface area is 134 Å². The van der Waals surface area contributed by atoms with E-state index in [1.807, 2.05) is 36.0 Å². The van der Waals surface area contributed by atoms with Gasteiger partial charge in [0.15, 0.2) is 16.6 Å². The summed E-state index contributed by atoms with van der Waals surface area (Å²) in [5, 5.41) is 7.51. The molecule has 2 N–H and O–H groups in total. The Balaban J connectivity index is 1.94. The first-order valence-electron chi connectivity index (χ1n) is 6.57. The molecule has 0 radical (unpaired) electrons. The molecule has 0 amide bonds. The Kier molecular flexibility index (Phi) is 5.37. The van der Waals surface area contributed by atoms with E-state index in [1.54, 1.807) is 32.6 Å². The zero-order valence-corrected chi connectivity index (χ0v) is 13.5. The fourth-order valence-electron chi connectivity index (χ4n) is 1.84. The summed E-state index contributed by atoms with van der Waals surface area (Å²) in [6, 6.07) is 9.35. The van der Waals surface area contributed by atoms with Gasteiger partial charge in [-0.05, 0) is 36.5 Å². The maximum absolute atomic E-state index is 5.24. The van der Waals surface area contributed by atoms with E-state index in [4.69, 9.17) is 21.7 Å². The molecule has 0 saturated heterocycles. The van der Waals surface area contributed by atoms with Gasteiger partial charge < -0.3 is 19.4 Å². The summed E-state index contributed by atoms with van der Waals surface area (Å²) in [4.78, 5) is 0. The van der Waals surface area contributed by atoms with Gasteiger partial charge in [-0.2, -0.15) is 5.10 Å². The number of ether oxygens (including phenoxy) is 2. The summed E-state index contributed by atoms with van der Waals surface area (Å²) in [5.41, 5.74) is 4.52. The van der Waals surface area contributed by atoms with Crippen LogP contribution in [0.5, 0.6) is 11.5 Å². The molecule has 0 spiro atoms. The van der Waals surface area contributed by atoms with Crippen molar-refractivity contribution in [2.75, 3.05) is 19.5 Å². The predicted octanol–water partition coefficient (Wildman–Crippen LogP) is 2.36. The first-order chi connectivity index (χ1) is 10.6. The van der Waals surface area contributed by atoms with Crippen molar-refractivity contribution >= 4 is 29.2 Å². The zero-order chi connectivity index (χ0) is 15.9. The maximum Gasteiger partial charge on any atom is 0.191 e. The van der Waals surface area contributed by atoms with Crippen LogP contribution in [0.15, 0.2) is 41.6 Å². The number of hydrogen-bond acceptors (Lipinski definition) is 4. The lowest BCUT2D eigenvalue weighted by Gasteiger charge is -2.11. The summed E-state index contributed by atoms with van der Waals surface area (Å²) < 4.78 is 12.4. The Bertz CT molecular complexity index is 682. The van der Waals surface area contributed by atoms with Crippen molar-refractivity contribution in [3.63, 3.8) is 0 Å². The van der Waals surface area contributed by atoms with Gasteiger partial charge in [-0.3, -0.25) is 5.43 Å². The van der Waals surface area contributed by atoms with Crippen molar-refractivity contribution in [1.29, 1.82) is 0 Å². The molecule has 22 heavy (non-hydrogen) atoms. The second-order valence-corrected chi connectivity index (χ2v) is 4.85. The van der Waals surface area contributed by atoms with Crippen LogP contribution in [0.1, 0.15) is 5.69 Å².